The number of carbonyl (C=O) groups is 1. The van der Waals surface area contributed by atoms with Gasteiger partial charge >= 0.3 is 0 Å². The van der Waals surface area contributed by atoms with E-state index in [1.54, 1.807) is 25.3 Å². The zero-order chi connectivity index (χ0) is 9.68. The highest BCUT2D eigenvalue weighted by molar-refractivity contribution is 5.87. The SMILES string of the molecule is C/C=C/C(=O)NC(C)c1ccco1. The molecule has 1 atom stereocenters. The van der Waals surface area contributed by atoms with E-state index in [1.165, 1.54) is 6.08 Å². The molecule has 1 amide bonds. The summed E-state index contributed by atoms with van der Waals surface area (Å²) in [7, 11) is 0. The lowest BCUT2D eigenvalue weighted by Gasteiger charge is -2.08. The topological polar surface area (TPSA) is 42.2 Å². The predicted molar refractivity (Wildman–Crippen MR) is 50.1 cm³/mol. The molecule has 1 N–H and O–H groups in total. The summed E-state index contributed by atoms with van der Waals surface area (Å²) < 4.78 is 5.14. The van der Waals surface area contributed by atoms with Gasteiger partial charge in [-0.2, -0.15) is 0 Å². The van der Waals surface area contributed by atoms with Gasteiger partial charge in [0, 0.05) is 0 Å². The van der Waals surface area contributed by atoms with Gasteiger partial charge in [0.1, 0.15) is 5.76 Å². The summed E-state index contributed by atoms with van der Waals surface area (Å²) in [6.45, 7) is 3.68. The van der Waals surface area contributed by atoms with Crippen LogP contribution in [0.4, 0.5) is 0 Å². The fraction of sp³-hybridized carbons (Fsp3) is 0.300. The second kappa shape index (κ2) is 4.50. The van der Waals surface area contributed by atoms with Crippen molar-refractivity contribution >= 4 is 5.91 Å². The van der Waals surface area contributed by atoms with Crippen molar-refractivity contribution in [3.63, 3.8) is 0 Å². The van der Waals surface area contributed by atoms with Gasteiger partial charge in [-0.25, -0.2) is 0 Å². The van der Waals surface area contributed by atoms with Crippen LogP contribution in [-0.2, 0) is 4.79 Å². The molecule has 0 aliphatic rings. The zero-order valence-corrected chi connectivity index (χ0v) is 7.78. The van der Waals surface area contributed by atoms with E-state index >= 15 is 0 Å². The smallest absolute Gasteiger partial charge is 0.244 e. The Hall–Kier alpha value is -1.51. The van der Waals surface area contributed by atoms with Crippen LogP contribution in [0.1, 0.15) is 25.6 Å². The van der Waals surface area contributed by atoms with E-state index in [4.69, 9.17) is 4.42 Å². The molecule has 3 nitrogen and oxygen atoms in total. The molecule has 0 spiro atoms. The maximum absolute atomic E-state index is 11.1. The molecule has 3 heteroatoms. The minimum absolute atomic E-state index is 0.0845. The van der Waals surface area contributed by atoms with E-state index in [0.29, 0.717) is 0 Å². The first kappa shape index (κ1) is 9.58. The third-order valence-electron chi connectivity index (χ3n) is 1.65. The number of furan rings is 1. The maximum Gasteiger partial charge on any atom is 0.244 e. The summed E-state index contributed by atoms with van der Waals surface area (Å²) in [6, 6.07) is 3.55. The first-order valence-corrected chi connectivity index (χ1v) is 4.20. The Morgan fingerprint density at radius 1 is 1.69 bits per heavy atom. The third kappa shape index (κ3) is 2.78. The second-order valence-electron chi connectivity index (χ2n) is 2.75. The van der Waals surface area contributed by atoms with Crippen molar-refractivity contribution in [2.24, 2.45) is 0 Å². The molecule has 1 heterocycles. The molecule has 0 aliphatic carbocycles. The highest BCUT2D eigenvalue weighted by Crippen LogP contribution is 2.11. The Morgan fingerprint density at radius 2 is 2.46 bits per heavy atom. The molecule has 1 aromatic heterocycles. The fourth-order valence-corrected chi connectivity index (χ4v) is 1.02. The first-order valence-electron chi connectivity index (χ1n) is 4.20. The quantitative estimate of drug-likeness (QED) is 0.721. The van der Waals surface area contributed by atoms with Crippen molar-refractivity contribution in [3.8, 4) is 0 Å². The van der Waals surface area contributed by atoms with Crippen molar-refractivity contribution in [2.45, 2.75) is 19.9 Å². The number of nitrogens with one attached hydrogen (secondary N) is 1. The van der Waals surface area contributed by atoms with Crippen LogP contribution in [0.2, 0.25) is 0 Å². The van der Waals surface area contributed by atoms with Crippen LogP contribution in [-0.4, -0.2) is 5.91 Å². The average Bonchev–Trinajstić information content (AvgIpc) is 2.55. The van der Waals surface area contributed by atoms with E-state index in [9.17, 15) is 4.79 Å². The van der Waals surface area contributed by atoms with Gasteiger partial charge in [0.15, 0.2) is 0 Å². The highest BCUT2D eigenvalue weighted by Gasteiger charge is 2.08. The second-order valence-corrected chi connectivity index (χ2v) is 2.75. The molecular weight excluding hydrogens is 166 g/mol. The van der Waals surface area contributed by atoms with Gasteiger partial charge in [-0.1, -0.05) is 6.08 Å². The third-order valence-corrected chi connectivity index (χ3v) is 1.65. The largest absolute Gasteiger partial charge is 0.467 e. The van der Waals surface area contributed by atoms with Gasteiger partial charge in [-0.15, -0.1) is 0 Å². The van der Waals surface area contributed by atoms with Crippen molar-refractivity contribution in [1.82, 2.24) is 5.32 Å². The molecule has 0 bridgehead atoms. The molecule has 1 aromatic rings. The van der Waals surface area contributed by atoms with E-state index in [2.05, 4.69) is 5.32 Å². The Labute approximate surface area is 77.4 Å². The standard InChI is InChI=1S/C10H13NO2/c1-3-5-10(12)11-8(2)9-6-4-7-13-9/h3-8H,1-2H3,(H,11,12)/b5-3+. The van der Waals surface area contributed by atoms with Crippen LogP contribution >= 0.6 is 0 Å². The van der Waals surface area contributed by atoms with E-state index in [-0.39, 0.29) is 11.9 Å². The van der Waals surface area contributed by atoms with Gasteiger partial charge in [0.25, 0.3) is 0 Å². The number of allylic oxidation sites excluding steroid dienone is 1. The van der Waals surface area contributed by atoms with E-state index < -0.39 is 0 Å². The molecule has 1 unspecified atom stereocenters. The summed E-state index contributed by atoms with van der Waals surface area (Å²) in [5, 5.41) is 2.76. The summed E-state index contributed by atoms with van der Waals surface area (Å²) in [4.78, 5) is 11.1. The van der Waals surface area contributed by atoms with Gasteiger partial charge in [-0.05, 0) is 32.1 Å². The first-order chi connectivity index (χ1) is 6.24. The molecular formula is C10H13NO2. The summed E-state index contributed by atoms with van der Waals surface area (Å²) in [6.07, 6.45) is 4.78. The minimum Gasteiger partial charge on any atom is -0.467 e. The highest BCUT2D eigenvalue weighted by atomic mass is 16.3. The Bertz CT molecular complexity index is 288. The summed E-state index contributed by atoms with van der Waals surface area (Å²) >= 11 is 0. The number of rotatable bonds is 3. The summed E-state index contributed by atoms with van der Waals surface area (Å²) in [5.41, 5.74) is 0. The van der Waals surface area contributed by atoms with Gasteiger partial charge < -0.3 is 9.73 Å². The monoisotopic (exact) mass is 179 g/mol. The zero-order valence-electron chi connectivity index (χ0n) is 7.78. The molecule has 0 radical (unpaired) electrons. The molecule has 70 valence electrons. The lowest BCUT2D eigenvalue weighted by molar-refractivity contribution is -0.117. The predicted octanol–water partition coefficient (Wildman–Crippen LogP) is 2.03. The Morgan fingerprint density at radius 3 is 3.00 bits per heavy atom. The normalized spacial score (nSPS) is 13.1. The number of carbonyl (C=O) groups excluding carboxylic acids is 1. The fourth-order valence-electron chi connectivity index (χ4n) is 1.02. The maximum atomic E-state index is 11.1. The van der Waals surface area contributed by atoms with Crippen LogP contribution in [0.25, 0.3) is 0 Å². The number of hydrogen-bond acceptors (Lipinski definition) is 2. The number of hydrogen-bond donors (Lipinski definition) is 1. The van der Waals surface area contributed by atoms with Crippen LogP contribution < -0.4 is 5.32 Å². The van der Waals surface area contributed by atoms with Crippen LogP contribution in [0, 0.1) is 0 Å². The van der Waals surface area contributed by atoms with Crippen molar-refractivity contribution in [1.29, 1.82) is 0 Å². The summed E-state index contributed by atoms with van der Waals surface area (Å²) in [5.74, 6) is 0.657. The molecule has 0 saturated carbocycles. The van der Waals surface area contributed by atoms with Crippen LogP contribution in [0.15, 0.2) is 35.0 Å². The minimum atomic E-state index is -0.105. The van der Waals surface area contributed by atoms with Crippen molar-refractivity contribution in [2.75, 3.05) is 0 Å². The molecule has 0 aliphatic heterocycles. The number of amides is 1. The van der Waals surface area contributed by atoms with Crippen molar-refractivity contribution in [3.05, 3.63) is 36.3 Å². The molecule has 1 rings (SSSR count). The lowest BCUT2D eigenvalue weighted by atomic mass is 10.2. The molecule has 0 fully saturated rings. The van der Waals surface area contributed by atoms with Crippen molar-refractivity contribution < 1.29 is 9.21 Å². The van der Waals surface area contributed by atoms with E-state index in [1.807, 2.05) is 13.0 Å². The molecule has 0 saturated heterocycles. The van der Waals surface area contributed by atoms with Gasteiger partial charge in [-0.3, -0.25) is 4.79 Å². The average molecular weight is 179 g/mol. The lowest BCUT2D eigenvalue weighted by Crippen LogP contribution is -2.24. The van der Waals surface area contributed by atoms with Crippen LogP contribution in [0.5, 0.6) is 0 Å². The van der Waals surface area contributed by atoms with E-state index in [0.717, 1.165) is 5.76 Å². The molecule has 0 aromatic carbocycles. The Balaban J connectivity index is 2.51. The molecule has 13 heavy (non-hydrogen) atoms. The van der Waals surface area contributed by atoms with Gasteiger partial charge in [0.2, 0.25) is 5.91 Å². The van der Waals surface area contributed by atoms with Gasteiger partial charge in [0.05, 0.1) is 12.3 Å². The van der Waals surface area contributed by atoms with Crippen LogP contribution in [0.3, 0.4) is 0 Å². The Kier molecular flexibility index (Phi) is 3.31.